The van der Waals surface area contributed by atoms with Gasteiger partial charge in [0.2, 0.25) is 0 Å². The van der Waals surface area contributed by atoms with Crippen LogP contribution in [0.1, 0.15) is 24.5 Å². The molecule has 1 heteroatoms. The second kappa shape index (κ2) is 5.55. The first-order chi connectivity index (χ1) is 6.36. The molecule has 0 atom stereocenters. The van der Waals surface area contributed by atoms with E-state index in [9.17, 15) is 0 Å². The van der Waals surface area contributed by atoms with Crippen molar-refractivity contribution in [3.05, 3.63) is 41.5 Å². The van der Waals surface area contributed by atoms with Crippen LogP contribution in [0.2, 0.25) is 0 Å². The summed E-state index contributed by atoms with van der Waals surface area (Å²) in [6.07, 6.45) is 6.30. The number of hydrogen-bond acceptors (Lipinski definition) is 1. The van der Waals surface area contributed by atoms with E-state index in [1.165, 1.54) is 11.1 Å². The molecule has 13 heavy (non-hydrogen) atoms. The van der Waals surface area contributed by atoms with Crippen LogP contribution in [-0.2, 0) is 6.42 Å². The van der Waals surface area contributed by atoms with E-state index >= 15 is 0 Å². The molecule has 0 aliphatic heterocycles. The quantitative estimate of drug-likeness (QED) is 0.748. The number of hydrogen-bond donors (Lipinski definition) is 1. The van der Waals surface area contributed by atoms with Crippen LogP contribution in [0.25, 0.3) is 6.08 Å². The first-order valence-corrected chi connectivity index (χ1v) is 4.82. The summed E-state index contributed by atoms with van der Waals surface area (Å²) in [5, 5.41) is 0. The van der Waals surface area contributed by atoms with E-state index < -0.39 is 0 Å². The fourth-order valence-corrected chi connectivity index (χ4v) is 1.23. The number of benzene rings is 1. The second-order valence-electron chi connectivity index (χ2n) is 3.08. The van der Waals surface area contributed by atoms with Crippen LogP contribution in [0.3, 0.4) is 0 Å². The van der Waals surface area contributed by atoms with Gasteiger partial charge in [-0.2, -0.15) is 0 Å². The van der Waals surface area contributed by atoms with E-state index in [0.717, 1.165) is 19.4 Å². The topological polar surface area (TPSA) is 26.0 Å². The van der Waals surface area contributed by atoms with Gasteiger partial charge in [0.15, 0.2) is 0 Å². The maximum Gasteiger partial charge on any atom is -0.00425 e. The number of rotatable bonds is 4. The molecule has 0 aliphatic carbocycles. The highest BCUT2D eigenvalue weighted by Gasteiger charge is 1.89. The average molecular weight is 175 g/mol. The highest BCUT2D eigenvalue weighted by Crippen LogP contribution is 2.07. The lowest BCUT2D eigenvalue weighted by atomic mass is 10.1. The molecule has 1 aromatic carbocycles. The molecule has 0 spiro atoms. The lowest BCUT2D eigenvalue weighted by Crippen LogP contribution is -1.94. The third-order valence-electron chi connectivity index (χ3n) is 2.00. The van der Waals surface area contributed by atoms with Gasteiger partial charge in [0, 0.05) is 0 Å². The zero-order valence-electron chi connectivity index (χ0n) is 8.16. The highest BCUT2D eigenvalue weighted by atomic mass is 14.5. The molecule has 0 aliphatic rings. The molecule has 0 unspecified atom stereocenters. The number of aryl methyl sites for hydroxylation is 1. The Kier molecular flexibility index (Phi) is 4.27. The summed E-state index contributed by atoms with van der Waals surface area (Å²) >= 11 is 0. The zero-order valence-corrected chi connectivity index (χ0v) is 8.16. The summed E-state index contributed by atoms with van der Waals surface area (Å²) < 4.78 is 0. The van der Waals surface area contributed by atoms with Crippen LogP contribution in [0, 0.1) is 0 Å². The van der Waals surface area contributed by atoms with Gasteiger partial charge in [0.05, 0.1) is 0 Å². The summed E-state index contributed by atoms with van der Waals surface area (Å²) in [4.78, 5) is 0. The third kappa shape index (κ3) is 3.43. The standard InChI is InChI=1S/C12H17N/c1-2-11-7-5-8-12(10-11)6-3-4-9-13/h3,5-8,10H,2,4,9,13H2,1H3. The van der Waals surface area contributed by atoms with E-state index in [2.05, 4.69) is 43.3 Å². The van der Waals surface area contributed by atoms with E-state index in [0.29, 0.717) is 0 Å². The molecular weight excluding hydrogens is 158 g/mol. The summed E-state index contributed by atoms with van der Waals surface area (Å²) in [6.45, 7) is 2.90. The van der Waals surface area contributed by atoms with Gasteiger partial charge in [-0.3, -0.25) is 0 Å². The molecule has 1 rings (SSSR count). The molecule has 2 N–H and O–H groups in total. The van der Waals surface area contributed by atoms with Crippen molar-refractivity contribution in [2.24, 2.45) is 5.73 Å². The van der Waals surface area contributed by atoms with Gasteiger partial charge in [0.25, 0.3) is 0 Å². The van der Waals surface area contributed by atoms with Crippen LogP contribution in [-0.4, -0.2) is 6.54 Å². The zero-order chi connectivity index (χ0) is 9.52. The van der Waals surface area contributed by atoms with E-state index in [4.69, 9.17) is 5.73 Å². The van der Waals surface area contributed by atoms with Gasteiger partial charge >= 0.3 is 0 Å². The van der Waals surface area contributed by atoms with E-state index in [1.807, 2.05) is 0 Å². The van der Waals surface area contributed by atoms with Gasteiger partial charge in [-0.1, -0.05) is 43.3 Å². The molecule has 0 saturated carbocycles. The van der Waals surface area contributed by atoms with Crippen LogP contribution in [0.4, 0.5) is 0 Å². The van der Waals surface area contributed by atoms with Crippen molar-refractivity contribution in [2.45, 2.75) is 19.8 Å². The predicted octanol–water partition coefficient (Wildman–Crippen LogP) is 2.61. The molecule has 0 saturated heterocycles. The highest BCUT2D eigenvalue weighted by molar-refractivity contribution is 5.50. The fraction of sp³-hybridized carbons (Fsp3) is 0.333. The SMILES string of the molecule is CCc1cccc(C=CCCN)c1. The lowest BCUT2D eigenvalue weighted by Gasteiger charge is -1.97. The lowest BCUT2D eigenvalue weighted by molar-refractivity contribution is 1.01. The molecule has 0 fully saturated rings. The largest absolute Gasteiger partial charge is 0.330 e. The minimum absolute atomic E-state index is 0.726. The van der Waals surface area contributed by atoms with Crippen molar-refractivity contribution in [3.8, 4) is 0 Å². The summed E-state index contributed by atoms with van der Waals surface area (Å²) in [6, 6.07) is 8.58. The molecule has 1 nitrogen and oxygen atoms in total. The van der Waals surface area contributed by atoms with Gasteiger partial charge in [-0.05, 0) is 30.5 Å². The molecule has 0 aromatic heterocycles. The maximum absolute atomic E-state index is 5.40. The van der Waals surface area contributed by atoms with Gasteiger partial charge in [-0.25, -0.2) is 0 Å². The molecule has 1 aromatic rings. The van der Waals surface area contributed by atoms with Gasteiger partial charge in [-0.15, -0.1) is 0 Å². The van der Waals surface area contributed by atoms with E-state index in [1.54, 1.807) is 0 Å². The minimum Gasteiger partial charge on any atom is -0.330 e. The van der Waals surface area contributed by atoms with Crippen molar-refractivity contribution in [2.75, 3.05) is 6.54 Å². The Morgan fingerprint density at radius 1 is 1.38 bits per heavy atom. The summed E-state index contributed by atoms with van der Waals surface area (Å²) in [5.41, 5.74) is 8.05. The fourth-order valence-electron chi connectivity index (χ4n) is 1.23. The monoisotopic (exact) mass is 175 g/mol. The predicted molar refractivity (Wildman–Crippen MR) is 58.5 cm³/mol. The van der Waals surface area contributed by atoms with E-state index in [-0.39, 0.29) is 0 Å². The Bertz CT molecular complexity index is 276. The number of nitrogens with two attached hydrogens (primary N) is 1. The Morgan fingerprint density at radius 3 is 2.92 bits per heavy atom. The molecular formula is C12H17N. The average Bonchev–Trinajstić information content (AvgIpc) is 2.19. The van der Waals surface area contributed by atoms with Crippen LogP contribution < -0.4 is 5.73 Å². The normalized spacial score (nSPS) is 10.9. The minimum atomic E-state index is 0.726. The Morgan fingerprint density at radius 2 is 2.23 bits per heavy atom. The van der Waals surface area contributed by atoms with Crippen molar-refractivity contribution in [3.63, 3.8) is 0 Å². The molecule has 70 valence electrons. The molecule has 0 heterocycles. The molecule has 0 radical (unpaired) electrons. The van der Waals surface area contributed by atoms with Crippen molar-refractivity contribution < 1.29 is 0 Å². The van der Waals surface area contributed by atoms with Crippen molar-refractivity contribution in [1.29, 1.82) is 0 Å². The molecule has 0 amide bonds. The smallest absolute Gasteiger partial charge is 0.00425 e. The third-order valence-corrected chi connectivity index (χ3v) is 2.00. The van der Waals surface area contributed by atoms with Crippen molar-refractivity contribution >= 4 is 6.08 Å². The van der Waals surface area contributed by atoms with Crippen LogP contribution >= 0.6 is 0 Å². The summed E-state index contributed by atoms with van der Waals surface area (Å²) in [5.74, 6) is 0. The first kappa shape index (κ1) is 10.0. The summed E-state index contributed by atoms with van der Waals surface area (Å²) in [7, 11) is 0. The van der Waals surface area contributed by atoms with Crippen LogP contribution in [0.15, 0.2) is 30.3 Å². The van der Waals surface area contributed by atoms with Gasteiger partial charge < -0.3 is 5.73 Å². The Balaban J connectivity index is 2.66. The Hall–Kier alpha value is -1.08. The first-order valence-electron chi connectivity index (χ1n) is 4.82. The Labute approximate surface area is 80.3 Å². The maximum atomic E-state index is 5.40. The van der Waals surface area contributed by atoms with Crippen molar-refractivity contribution in [1.82, 2.24) is 0 Å². The van der Waals surface area contributed by atoms with Crippen LogP contribution in [0.5, 0.6) is 0 Å². The molecule has 0 bridgehead atoms. The second-order valence-corrected chi connectivity index (χ2v) is 3.08. The van der Waals surface area contributed by atoms with Gasteiger partial charge in [0.1, 0.15) is 0 Å².